The van der Waals surface area contributed by atoms with Crippen LogP contribution in [0.15, 0.2) is 40.5 Å². The van der Waals surface area contributed by atoms with E-state index < -0.39 is 12.0 Å². The molecule has 0 fully saturated rings. The molecule has 6 heteroatoms. The van der Waals surface area contributed by atoms with Gasteiger partial charge in [0.2, 0.25) is 0 Å². The van der Waals surface area contributed by atoms with Crippen molar-refractivity contribution in [2.24, 2.45) is 10.7 Å². The number of phenols is 1. The number of ether oxygens (including phenoxy) is 1. The third-order valence-electron chi connectivity index (χ3n) is 2.97. The number of nitrogens with zero attached hydrogens (tertiary/aromatic N) is 1. The maximum absolute atomic E-state index is 12.1. The van der Waals surface area contributed by atoms with E-state index in [1.807, 2.05) is 0 Å². The van der Waals surface area contributed by atoms with Gasteiger partial charge >= 0.3 is 5.97 Å². The van der Waals surface area contributed by atoms with Gasteiger partial charge in [-0.05, 0) is 31.5 Å². The van der Waals surface area contributed by atoms with Crippen molar-refractivity contribution in [1.29, 1.82) is 0 Å². The van der Waals surface area contributed by atoms with Crippen molar-refractivity contribution in [3.8, 4) is 5.75 Å². The van der Waals surface area contributed by atoms with Gasteiger partial charge in [0.15, 0.2) is 5.96 Å². The zero-order valence-electron chi connectivity index (χ0n) is 11.4. The smallest absolute Gasteiger partial charge is 0.338 e. The van der Waals surface area contributed by atoms with Gasteiger partial charge in [0, 0.05) is 5.70 Å². The van der Waals surface area contributed by atoms with Gasteiger partial charge in [-0.1, -0.05) is 12.1 Å². The highest BCUT2D eigenvalue weighted by Crippen LogP contribution is 2.31. The molecular weight excluding hydrogens is 258 g/mol. The minimum Gasteiger partial charge on any atom is -0.508 e. The summed E-state index contributed by atoms with van der Waals surface area (Å²) in [5.41, 5.74) is 7.52. The summed E-state index contributed by atoms with van der Waals surface area (Å²) < 4.78 is 5.07. The number of hydrogen-bond acceptors (Lipinski definition) is 6. The molecule has 6 nitrogen and oxygen atoms in total. The molecule has 0 spiro atoms. The summed E-state index contributed by atoms with van der Waals surface area (Å²) in [4.78, 5) is 16.3. The van der Waals surface area contributed by atoms with Crippen LogP contribution in [0.2, 0.25) is 0 Å². The molecule has 1 atom stereocenters. The standard InChI is InChI=1S/C14H17N3O3/c1-3-20-13(19)11-8(2)16-14(15)17-12(11)9-4-6-10(18)7-5-9/h4-7,12,18H,3H2,1-2H3,(H3,15,16,17). The van der Waals surface area contributed by atoms with E-state index in [-0.39, 0.29) is 18.3 Å². The van der Waals surface area contributed by atoms with Crippen molar-refractivity contribution in [3.05, 3.63) is 41.1 Å². The second-order valence-corrected chi connectivity index (χ2v) is 4.39. The molecule has 1 aliphatic heterocycles. The van der Waals surface area contributed by atoms with Crippen LogP contribution in [0.25, 0.3) is 0 Å². The van der Waals surface area contributed by atoms with Crippen LogP contribution < -0.4 is 11.1 Å². The number of benzene rings is 1. The van der Waals surface area contributed by atoms with Crippen molar-refractivity contribution in [1.82, 2.24) is 5.32 Å². The number of nitrogens with two attached hydrogens (primary N) is 1. The topological polar surface area (TPSA) is 96.9 Å². The second kappa shape index (κ2) is 5.64. The molecular formula is C14H17N3O3. The summed E-state index contributed by atoms with van der Waals surface area (Å²) in [6, 6.07) is 5.96. The molecule has 20 heavy (non-hydrogen) atoms. The Morgan fingerprint density at radius 1 is 1.45 bits per heavy atom. The number of guanidine groups is 1. The monoisotopic (exact) mass is 275 g/mol. The lowest BCUT2D eigenvalue weighted by Gasteiger charge is -2.24. The first-order chi connectivity index (χ1) is 9.52. The number of aromatic hydroxyl groups is 1. The van der Waals surface area contributed by atoms with Crippen LogP contribution in [0.5, 0.6) is 5.75 Å². The van der Waals surface area contributed by atoms with Crippen molar-refractivity contribution < 1.29 is 14.6 Å². The molecule has 0 saturated carbocycles. The molecule has 0 amide bonds. The van der Waals surface area contributed by atoms with E-state index in [0.29, 0.717) is 11.3 Å². The minimum atomic E-state index is -0.532. The maximum atomic E-state index is 12.1. The molecule has 1 aromatic rings. The van der Waals surface area contributed by atoms with E-state index in [9.17, 15) is 9.90 Å². The molecule has 0 saturated heterocycles. The quantitative estimate of drug-likeness (QED) is 0.720. The molecule has 1 unspecified atom stereocenters. The Balaban J connectivity index is 2.42. The minimum absolute atomic E-state index is 0.151. The molecule has 0 radical (unpaired) electrons. The number of carbonyl (C=O) groups excluding carboxylic acids is 1. The van der Waals surface area contributed by atoms with Crippen LogP contribution in [-0.2, 0) is 9.53 Å². The van der Waals surface area contributed by atoms with E-state index in [0.717, 1.165) is 5.56 Å². The average Bonchev–Trinajstić information content (AvgIpc) is 2.38. The van der Waals surface area contributed by atoms with Gasteiger partial charge in [0.1, 0.15) is 11.8 Å². The zero-order valence-corrected chi connectivity index (χ0v) is 11.4. The highest BCUT2D eigenvalue weighted by Gasteiger charge is 2.29. The molecule has 0 bridgehead atoms. The van der Waals surface area contributed by atoms with Gasteiger partial charge in [-0.3, -0.25) is 0 Å². The van der Waals surface area contributed by atoms with Crippen molar-refractivity contribution >= 4 is 11.9 Å². The molecule has 0 aliphatic carbocycles. The Bertz CT molecular complexity index is 576. The fraction of sp³-hybridized carbons (Fsp3) is 0.286. The third kappa shape index (κ3) is 2.74. The first-order valence-corrected chi connectivity index (χ1v) is 6.30. The summed E-state index contributed by atoms with van der Waals surface area (Å²) in [5.74, 6) is -0.0292. The Labute approximate surface area is 117 Å². The van der Waals surface area contributed by atoms with Crippen LogP contribution in [0.1, 0.15) is 25.5 Å². The number of esters is 1. The molecule has 1 aliphatic rings. The lowest BCUT2D eigenvalue weighted by Crippen LogP contribution is -2.37. The summed E-state index contributed by atoms with van der Waals surface area (Å²) in [7, 11) is 0. The lowest BCUT2D eigenvalue weighted by atomic mass is 9.96. The number of aliphatic imine (C=N–C) groups is 1. The number of carbonyl (C=O) groups is 1. The normalized spacial score (nSPS) is 18.3. The van der Waals surface area contributed by atoms with E-state index in [2.05, 4.69) is 10.3 Å². The highest BCUT2D eigenvalue weighted by atomic mass is 16.5. The van der Waals surface area contributed by atoms with Crippen LogP contribution in [0.3, 0.4) is 0 Å². The summed E-state index contributed by atoms with van der Waals surface area (Å²) in [6.07, 6.45) is 0. The van der Waals surface area contributed by atoms with Gasteiger partial charge in [-0.2, -0.15) is 0 Å². The molecule has 4 N–H and O–H groups in total. The highest BCUT2D eigenvalue weighted by molar-refractivity contribution is 5.94. The van der Waals surface area contributed by atoms with Crippen LogP contribution in [-0.4, -0.2) is 23.6 Å². The van der Waals surface area contributed by atoms with Gasteiger partial charge in [-0.15, -0.1) is 0 Å². The SMILES string of the molecule is CCOC(=O)C1=C(C)NC(N)=NC1c1ccc(O)cc1. The first kappa shape index (κ1) is 13.9. The van der Waals surface area contributed by atoms with Crippen LogP contribution in [0, 0.1) is 0 Å². The van der Waals surface area contributed by atoms with Gasteiger partial charge < -0.3 is 20.9 Å². The fourth-order valence-electron chi connectivity index (χ4n) is 2.07. The predicted octanol–water partition coefficient (Wildman–Crippen LogP) is 1.19. The molecule has 1 aromatic carbocycles. The Hall–Kier alpha value is -2.50. The summed E-state index contributed by atoms with van der Waals surface area (Å²) >= 11 is 0. The molecule has 106 valence electrons. The number of phenolic OH excluding ortho intramolecular Hbond substituents is 1. The van der Waals surface area contributed by atoms with E-state index >= 15 is 0 Å². The zero-order chi connectivity index (χ0) is 14.7. The number of hydrogen-bond donors (Lipinski definition) is 3. The lowest BCUT2D eigenvalue weighted by molar-refractivity contribution is -0.138. The largest absolute Gasteiger partial charge is 0.508 e. The Morgan fingerprint density at radius 2 is 2.10 bits per heavy atom. The number of nitrogens with one attached hydrogen (secondary N) is 1. The average molecular weight is 275 g/mol. The van der Waals surface area contributed by atoms with Crippen LogP contribution in [0.4, 0.5) is 0 Å². The third-order valence-corrected chi connectivity index (χ3v) is 2.97. The maximum Gasteiger partial charge on any atom is 0.338 e. The van der Waals surface area contributed by atoms with E-state index in [1.165, 1.54) is 0 Å². The van der Waals surface area contributed by atoms with E-state index in [4.69, 9.17) is 10.5 Å². The second-order valence-electron chi connectivity index (χ2n) is 4.39. The number of allylic oxidation sites excluding steroid dienone is 1. The molecule has 2 rings (SSSR count). The van der Waals surface area contributed by atoms with E-state index in [1.54, 1.807) is 38.1 Å². The number of rotatable bonds is 3. The van der Waals surface area contributed by atoms with Crippen molar-refractivity contribution in [3.63, 3.8) is 0 Å². The van der Waals surface area contributed by atoms with Gasteiger partial charge in [0.25, 0.3) is 0 Å². The summed E-state index contributed by atoms with van der Waals surface area (Å²) in [5, 5.41) is 12.2. The van der Waals surface area contributed by atoms with Crippen molar-refractivity contribution in [2.45, 2.75) is 19.9 Å². The molecule has 0 aromatic heterocycles. The fourth-order valence-corrected chi connectivity index (χ4v) is 2.07. The molecule has 1 heterocycles. The van der Waals surface area contributed by atoms with Gasteiger partial charge in [-0.25, -0.2) is 9.79 Å². The summed E-state index contributed by atoms with van der Waals surface area (Å²) in [6.45, 7) is 3.79. The Morgan fingerprint density at radius 3 is 2.70 bits per heavy atom. The Kier molecular flexibility index (Phi) is 3.93. The van der Waals surface area contributed by atoms with Crippen LogP contribution >= 0.6 is 0 Å². The van der Waals surface area contributed by atoms with Crippen molar-refractivity contribution in [2.75, 3.05) is 6.61 Å². The first-order valence-electron chi connectivity index (χ1n) is 6.30. The van der Waals surface area contributed by atoms with Gasteiger partial charge in [0.05, 0.1) is 12.2 Å². The predicted molar refractivity (Wildman–Crippen MR) is 74.9 cm³/mol.